The second kappa shape index (κ2) is 4.77. The van der Waals surface area contributed by atoms with Gasteiger partial charge in [0.25, 0.3) is 0 Å². The van der Waals surface area contributed by atoms with Crippen molar-refractivity contribution in [3.05, 3.63) is 47.5 Å². The fraction of sp³-hybridized carbons (Fsp3) is 0.400. The molecule has 0 atom stereocenters. The molecule has 22 heavy (non-hydrogen) atoms. The molecule has 0 amide bonds. The molecule has 0 saturated heterocycles. The van der Waals surface area contributed by atoms with Crippen LogP contribution < -0.4 is 9.47 Å². The van der Waals surface area contributed by atoms with Crippen molar-refractivity contribution in [2.45, 2.75) is 38.5 Å². The fourth-order valence-electron chi connectivity index (χ4n) is 3.61. The second-order valence-electron chi connectivity index (χ2n) is 7.14. The minimum Gasteiger partial charge on any atom is -0.496 e. The highest BCUT2D eigenvalue weighted by atomic mass is 16.5. The molecule has 1 aliphatic carbocycles. The van der Waals surface area contributed by atoms with E-state index < -0.39 is 0 Å². The van der Waals surface area contributed by atoms with Crippen molar-refractivity contribution in [1.29, 1.82) is 0 Å². The number of hydrogen-bond donors (Lipinski definition) is 0. The van der Waals surface area contributed by atoms with Gasteiger partial charge in [0, 0.05) is 32.7 Å². The van der Waals surface area contributed by atoms with E-state index in [4.69, 9.17) is 9.47 Å². The quantitative estimate of drug-likeness (QED) is 0.727. The van der Waals surface area contributed by atoms with Gasteiger partial charge in [-0.2, -0.15) is 0 Å². The summed E-state index contributed by atoms with van der Waals surface area (Å²) in [5, 5.41) is 2.22. The molecule has 2 aromatic carbocycles. The Labute approximate surface area is 132 Å². The lowest BCUT2D eigenvalue weighted by atomic mass is 9.66. The highest BCUT2D eigenvalue weighted by Gasteiger charge is 2.39. The average Bonchev–Trinajstić information content (AvgIpc) is 2.49. The van der Waals surface area contributed by atoms with E-state index in [9.17, 15) is 0 Å². The molecule has 0 radical (unpaired) electrons. The van der Waals surface area contributed by atoms with Gasteiger partial charge in [-0.25, -0.2) is 0 Å². The predicted molar refractivity (Wildman–Crippen MR) is 92.2 cm³/mol. The van der Waals surface area contributed by atoms with Crippen LogP contribution in [0.4, 0.5) is 0 Å². The van der Waals surface area contributed by atoms with Crippen LogP contribution in [-0.2, 0) is 10.8 Å². The summed E-state index contributed by atoms with van der Waals surface area (Å²) in [6, 6.07) is 8.32. The molecule has 0 unspecified atom stereocenters. The molecule has 2 nitrogen and oxygen atoms in total. The average molecular weight is 296 g/mol. The number of ether oxygens (including phenoxy) is 2. The maximum atomic E-state index is 5.86. The Kier molecular flexibility index (Phi) is 3.24. The normalized spacial score (nSPS) is 18.1. The van der Waals surface area contributed by atoms with Gasteiger partial charge in [-0.3, -0.25) is 0 Å². The van der Waals surface area contributed by atoms with E-state index in [1.165, 1.54) is 11.1 Å². The first-order valence-corrected chi connectivity index (χ1v) is 7.71. The molecular formula is C20H24O2. The number of hydrogen-bond acceptors (Lipinski definition) is 2. The smallest absolute Gasteiger partial charge is 0.131 e. The summed E-state index contributed by atoms with van der Waals surface area (Å²) in [4.78, 5) is 0. The van der Waals surface area contributed by atoms with Crippen LogP contribution in [0.1, 0.15) is 38.8 Å². The van der Waals surface area contributed by atoms with E-state index in [0.29, 0.717) is 0 Å². The predicted octanol–water partition coefficient (Wildman–Crippen LogP) is 4.98. The van der Waals surface area contributed by atoms with E-state index in [1.54, 1.807) is 14.2 Å². The molecule has 0 N–H and O–H groups in total. The lowest BCUT2D eigenvalue weighted by molar-refractivity contribution is 0.383. The molecule has 0 aliphatic heterocycles. The van der Waals surface area contributed by atoms with E-state index in [0.717, 1.165) is 22.3 Å². The summed E-state index contributed by atoms with van der Waals surface area (Å²) in [5.41, 5.74) is 2.29. The maximum Gasteiger partial charge on any atom is 0.131 e. The highest BCUT2D eigenvalue weighted by molar-refractivity contribution is 5.97. The van der Waals surface area contributed by atoms with Crippen LogP contribution in [0.15, 0.2) is 36.4 Å². The molecule has 0 saturated carbocycles. The zero-order chi connectivity index (χ0) is 16.1. The minimum absolute atomic E-state index is 0.0898. The third kappa shape index (κ3) is 1.93. The van der Waals surface area contributed by atoms with Gasteiger partial charge in [0.15, 0.2) is 0 Å². The van der Waals surface area contributed by atoms with Gasteiger partial charge in [0.05, 0.1) is 14.2 Å². The van der Waals surface area contributed by atoms with E-state index in [1.807, 2.05) is 12.1 Å². The highest BCUT2D eigenvalue weighted by Crippen LogP contribution is 2.53. The number of benzene rings is 2. The number of rotatable bonds is 2. The van der Waals surface area contributed by atoms with Crippen LogP contribution in [0.2, 0.25) is 0 Å². The van der Waals surface area contributed by atoms with E-state index in [-0.39, 0.29) is 10.8 Å². The van der Waals surface area contributed by atoms with Gasteiger partial charge in [-0.15, -0.1) is 0 Å². The Morgan fingerprint density at radius 1 is 0.682 bits per heavy atom. The number of allylic oxidation sites excluding steroid dienone is 2. The topological polar surface area (TPSA) is 18.5 Å². The lowest BCUT2D eigenvalue weighted by Gasteiger charge is -2.39. The van der Waals surface area contributed by atoms with E-state index in [2.05, 4.69) is 52.0 Å². The van der Waals surface area contributed by atoms with Crippen molar-refractivity contribution in [3.8, 4) is 11.5 Å². The van der Waals surface area contributed by atoms with Crippen molar-refractivity contribution < 1.29 is 9.47 Å². The molecule has 0 heterocycles. The Bertz CT molecular complexity index is 702. The van der Waals surface area contributed by atoms with Gasteiger partial charge in [0.1, 0.15) is 11.5 Å². The van der Waals surface area contributed by atoms with Crippen molar-refractivity contribution in [1.82, 2.24) is 0 Å². The number of methoxy groups -OCH3 is 2. The molecule has 2 aromatic rings. The van der Waals surface area contributed by atoms with Crippen LogP contribution in [0.25, 0.3) is 10.8 Å². The van der Waals surface area contributed by atoms with Gasteiger partial charge in [-0.05, 0) is 0 Å². The number of fused-ring (bicyclic) bond motifs is 2. The minimum atomic E-state index is -0.0898. The summed E-state index contributed by atoms with van der Waals surface area (Å²) in [6.07, 6.45) is 4.57. The fourth-order valence-corrected chi connectivity index (χ4v) is 3.61. The Balaban J connectivity index is 2.58. The lowest BCUT2D eigenvalue weighted by Crippen LogP contribution is -2.30. The van der Waals surface area contributed by atoms with Gasteiger partial charge >= 0.3 is 0 Å². The molecule has 0 fully saturated rings. The Morgan fingerprint density at radius 3 is 1.36 bits per heavy atom. The SMILES string of the molecule is COc1c2c(c(OC)c3ccccc13)C(C)(C)C=CC2(C)C. The summed E-state index contributed by atoms with van der Waals surface area (Å²) in [7, 11) is 3.52. The summed E-state index contributed by atoms with van der Waals surface area (Å²) in [5.74, 6) is 1.93. The van der Waals surface area contributed by atoms with Gasteiger partial charge in [-0.1, -0.05) is 64.1 Å². The monoisotopic (exact) mass is 296 g/mol. The standard InChI is InChI=1S/C20H24O2/c1-19(2)11-12-20(3,4)16-15(19)17(21-5)13-9-7-8-10-14(13)18(16)22-6/h7-12H,1-6H3. The van der Waals surface area contributed by atoms with Crippen LogP contribution >= 0.6 is 0 Å². The molecule has 0 bridgehead atoms. The van der Waals surface area contributed by atoms with Crippen molar-refractivity contribution in [2.24, 2.45) is 0 Å². The summed E-state index contributed by atoms with van der Waals surface area (Å²) >= 11 is 0. The van der Waals surface area contributed by atoms with Crippen molar-refractivity contribution >= 4 is 10.8 Å². The third-order valence-electron chi connectivity index (χ3n) is 4.73. The van der Waals surface area contributed by atoms with Crippen molar-refractivity contribution in [2.75, 3.05) is 14.2 Å². The molecule has 0 aromatic heterocycles. The van der Waals surface area contributed by atoms with Gasteiger partial charge in [0.2, 0.25) is 0 Å². The largest absolute Gasteiger partial charge is 0.496 e. The zero-order valence-corrected chi connectivity index (χ0v) is 14.3. The first-order chi connectivity index (χ1) is 10.3. The van der Waals surface area contributed by atoms with Crippen LogP contribution in [0.5, 0.6) is 11.5 Å². The van der Waals surface area contributed by atoms with Crippen molar-refractivity contribution in [3.63, 3.8) is 0 Å². The second-order valence-corrected chi connectivity index (χ2v) is 7.14. The Morgan fingerprint density at radius 2 is 1.05 bits per heavy atom. The molecule has 1 aliphatic rings. The third-order valence-corrected chi connectivity index (χ3v) is 4.73. The molecule has 3 rings (SSSR count). The van der Waals surface area contributed by atoms with Gasteiger partial charge < -0.3 is 9.47 Å². The molecule has 0 spiro atoms. The van der Waals surface area contributed by atoms with Crippen LogP contribution in [0.3, 0.4) is 0 Å². The molecule has 116 valence electrons. The zero-order valence-electron chi connectivity index (χ0n) is 14.3. The van der Waals surface area contributed by atoms with Crippen LogP contribution in [-0.4, -0.2) is 14.2 Å². The molecular weight excluding hydrogens is 272 g/mol. The van der Waals surface area contributed by atoms with E-state index >= 15 is 0 Å². The summed E-state index contributed by atoms with van der Waals surface area (Å²) < 4.78 is 11.7. The first-order valence-electron chi connectivity index (χ1n) is 7.71. The van der Waals surface area contributed by atoms with Crippen LogP contribution in [0, 0.1) is 0 Å². The molecule has 2 heteroatoms. The first kappa shape index (κ1) is 15.0. The maximum absolute atomic E-state index is 5.86. The Hall–Kier alpha value is -1.96. The summed E-state index contributed by atoms with van der Waals surface area (Å²) in [6.45, 7) is 8.92.